The van der Waals surface area contributed by atoms with E-state index in [-0.39, 0.29) is 10.9 Å². The molecule has 1 aromatic rings. The molecular weight excluding hydrogens is 278 g/mol. The van der Waals surface area contributed by atoms with Gasteiger partial charge < -0.3 is 10.2 Å². The molecule has 0 radical (unpaired) electrons. The van der Waals surface area contributed by atoms with Crippen molar-refractivity contribution < 1.29 is 13.2 Å². The molecule has 6 nitrogen and oxygen atoms in total. The summed E-state index contributed by atoms with van der Waals surface area (Å²) in [5, 5.41) is 0. The fraction of sp³-hybridized carbons (Fsp3) is 0.538. The number of hydrogen-bond donors (Lipinski definition) is 2. The Morgan fingerprint density at radius 2 is 2.05 bits per heavy atom. The lowest BCUT2D eigenvalue weighted by Gasteiger charge is -2.28. The summed E-state index contributed by atoms with van der Waals surface area (Å²) < 4.78 is 32.0. The summed E-state index contributed by atoms with van der Waals surface area (Å²) in [6.07, 6.45) is 0.723. The molecule has 0 heterocycles. The van der Waals surface area contributed by atoms with Crippen molar-refractivity contribution in [1.82, 2.24) is 4.31 Å². The van der Waals surface area contributed by atoms with Gasteiger partial charge in [0.1, 0.15) is 4.90 Å². The topological polar surface area (TPSA) is 84.7 Å². The number of hydrazine groups is 1. The Balaban J connectivity index is 3.21. The average molecular weight is 301 g/mol. The third-order valence-corrected chi connectivity index (χ3v) is 5.30. The lowest BCUT2D eigenvalue weighted by atomic mass is 10.3. The van der Waals surface area contributed by atoms with Gasteiger partial charge in [-0.1, -0.05) is 19.1 Å². The van der Waals surface area contributed by atoms with Crippen LogP contribution in [-0.2, 0) is 14.8 Å². The summed E-state index contributed by atoms with van der Waals surface area (Å²) in [6.45, 7) is 4.49. The SMILES string of the molecule is CCC(C)N(CCOC)S(=O)(=O)c1ccccc1NN. The Labute approximate surface area is 120 Å². The number of nitrogens with zero attached hydrogens (tertiary/aromatic N) is 1. The van der Waals surface area contributed by atoms with Gasteiger partial charge in [0.25, 0.3) is 0 Å². The zero-order valence-electron chi connectivity index (χ0n) is 12.2. The molecule has 0 saturated carbocycles. The molecular formula is C13H23N3O3S. The van der Waals surface area contributed by atoms with Crippen molar-refractivity contribution >= 4 is 15.7 Å². The van der Waals surface area contributed by atoms with E-state index in [4.69, 9.17) is 10.6 Å². The van der Waals surface area contributed by atoms with Gasteiger partial charge in [0.2, 0.25) is 10.0 Å². The Morgan fingerprint density at radius 3 is 2.60 bits per heavy atom. The number of methoxy groups -OCH3 is 1. The molecule has 114 valence electrons. The van der Waals surface area contributed by atoms with Crippen LogP contribution in [0.3, 0.4) is 0 Å². The highest BCUT2D eigenvalue weighted by atomic mass is 32.2. The fourth-order valence-corrected chi connectivity index (χ4v) is 3.75. The van der Waals surface area contributed by atoms with Crippen LogP contribution in [0.25, 0.3) is 0 Å². The third-order valence-electron chi connectivity index (χ3n) is 3.23. The predicted octanol–water partition coefficient (Wildman–Crippen LogP) is 1.41. The molecule has 1 unspecified atom stereocenters. The van der Waals surface area contributed by atoms with Crippen molar-refractivity contribution in [2.45, 2.75) is 31.2 Å². The van der Waals surface area contributed by atoms with E-state index in [1.54, 1.807) is 31.4 Å². The number of nitrogen functional groups attached to an aromatic ring is 1. The number of para-hydroxylation sites is 1. The first-order valence-corrected chi connectivity index (χ1v) is 7.99. The summed E-state index contributed by atoms with van der Waals surface area (Å²) in [5.74, 6) is 5.40. The Bertz CT molecular complexity index is 519. The van der Waals surface area contributed by atoms with Gasteiger partial charge in [-0.15, -0.1) is 0 Å². The van der Waals surface area contributed by atoms with E-state index in [0.717, 1.165) is 6.42 Å². The molecule has 0 aliphatic heterocycles. The van der Waals surface area contributed by atoms with E-state index in [1.807, 2.05) is 13.8 Å². The van der Waals surface area contributed by atoms with Gasteiger partial charge in [-0.25, -0.2) is 8.42 Å². The molecule has 3 N–H and O–H groups in total. The van der Waals surface area contributed by atoms with Crippen molar-refractivity contribution in [2.75, 3.05) is 25.7 Å². The van der Waals surface area contributed by atoms with E-state index in [1.165, 1.54) is 4.31 Å². The van der Waals surface area contributed by atoms with Gasteiger partial charge in [0.05, 0.1) is 12.3 Å². The van der Waals surface area contributed by atoms with Crippen molar-refractivity contribution in [3.63, 3.8) is 0 Å². The van der Waals surface area contributed by atoms with Crippen LogP contribution in [0.15, 0.2) is 29.2 Å². The first-order chi connectivity index (χ1) is 9.48. The predicted molar refractivity (Wildman–Crippen MR) is 79.8 cm³/mol. The number of ether oxygens (including phenoxy) is 1. The van der Waals surface area contributed by atoms with E-state index >= 15 is 0 Å². The van der Waals surface area contributed by atoms with Crippen LogP contribution in [0.2, 0.25) is 0 Å². The second kappa shape index (κ2) is 7.58. The summed E-state index contributed by atoms with van der Waals surface area (Å²) in [7, 11) is -2.06. The highest BCUT2D eigenvalue weighted by Crippen LogP contribution is 2.25. The molecule has 1 aromatic carbocycles. The maximum Gasteiger partial charge on any atom is 0.245 e. The van der Waals surface area contributed by atoms with Gasteiger partial charge in [-0.3, -0.25) is 5.84 Å². The molecule has 0 amide bonds. The normalized spacial score (nSPS) is 13.4. The van der Waals surface area contributed by atoms with Gasteiger partial charge in [-0.05, 0) is 25.5 Å². The number of anilines is 1. The van der Waals surface area contributed by atoms with E-state index < -0.39 is 10.0 Å². The number of rotatable bonds is 8. The van der Waals surface area contributed by atoms with Crippen LogP contribution >= 0.6 is 0 Å². The summed E-state index contributed by atoms with van der Waals surface area (Å²) in [4.78, 5) is 0.180. The molecule has 20 heavy (non-hydrogen) atoms. The molecule has 0 aliphatic rings. The summed E-state index contributed by atoms with van der Waals surface area (Å²) in [6, 6.07) is 6.49. The molecule has 0 fully saturated rings. The minimum absolute atomic E-state index is 0.110. The van der Waals surface area contributed by atoms with E-state index in [0.29, 0.717) is 18.8 Å². The van der Waals surface area contributed by atoms with Gasteiger partial charge in [0.15, 0.2) is 0 Å². The Hall–Kier alpha value is -1.15. The number of sulfonamides is 1. The van der Waals surface area contributed by atoms with Gasteiger partial charge in [-0.2, -0.15) is 4.31 Å². The first kappa shape index (κ1) is 16.9. The lowest BCUT2D eigenvalue weighted by Crippen LogP contribution is -2.40. The zero-order valence-corrected chi connectivity index (χ0v) is 13.0. The molecule has 0 aromatic heterocycles. The van der Waals surface area contributed by atoms with Crippen molar-refractivity contribution in [1.29, 1.82) is 0 Å². The van der Waals surface area contributed by atoms with Gasteiger partial charge >= 0.3 is 0 Å². The van der Waals surface area contributed by atoms with Crippen LogP contribution in [0.1, 0.15) is 20.3 Å². The monoisotopic (exact) mass is 301 g/mol. The van der Waals surface area contributed by atoms with E-state index in [2.05, 4.69) is 5.43 Å². The molecule has 0 spiro atoms. The molecule has 1 atom stereocenters. The largest absolute Gasteiger partial charge is 0.383 e. The summed E-state index contributed by atoms with van der Waals surface area (Å²) in [5.41, 5.74) is 2.82. The van der Waals surface area contributed by atoms with Crippen LogP contribution in [0.5, 0.6) is 0 Å². The second-order valence-electron chi connectivity index (χ2n) is 4.51. The van der Waals surface area contributed by atoms with Crippen LogP contribution < -0.4 is 11.3 Å². The van der Waals surface area contributed by atoms with Crippen molar-refractivity contribution in [2.24, 2.45) is 5.84 Å². The zero-order chi connectivity index (χ0) is 15.2. The highest BCUT2D eigenvalue weighted by molar-refractivity contribution is 7.89. The number of nitrogens with two attached hydrogens (primary N) is 1. The molecule has 0 aliphatic carbocycles. The van der Waals surface area contributed by atoms with Crippen LogP contribution in [-0.4, -0.2) is 39.0 Å². The van der Waals surface area contributed by atoms with Crippen LogP contribution in [0.4, 0.5) is 5.69 Å². The van der Waals surface area contributed by atoms with Crippen molar-refractivity contribution in [3.8, 4) is 0 Å². The lowest BCUT2D eigenvalue weighted by molar-refractivity contribution is 0.167. The quantitative estimate of drug-likeness (QED) is 0.560. The highest BCUT2D eigenvalue weighted by Gasteiger charge is 2.29. The number of benzene rings is 1. The minimum Gasteiger partial charge on any atom is -0.383 e. The summed E-state index contributed by atoms with van der Waals surface area (Å²) >= 11 is 0. The molecule has 0 bridgehead atoms. The number of hydrogen-bond acceptors (Lipinski definition) is 5. The first-order valence-electron chi connectivity index (χ1n) is 6.55. The Morgan fingerprint density at radius 1 is 1.40 bits per heavy atom. The van der Waals surface area contributed by atoms with Gasteiger partial charge in [0, 0.05) is 19.7 Å². The Kier molecular flexibility index (Phi) is 6.41. The van der Waals surface area contributed by atoms with Crippen molar-refractivity contribution in [3.05, 3.63) is 24.3 Å². The minimum atomic E-state index is -3.62. The third kappa shape index (κ3) is 3.69. The maximum absolute atomic E-state index is 12.8. The second-order valence-corrected chi connectivity index (χ2v) is 6.37. The molecule has 1 rings (SSSR count). The molecule has 0 saturated heterocycles. The van der Waals surface area contributed by atoms with Crippen LogP contribution in [0, 0.1) is 0 Å². The number of nitrogens with one attached hydrogen (secondary N) is 1. The smallest absolute Gasteiger partial charge is 0.245 e. The van der Waals surface area contributed by atoms with E-state index in [9.17, 15) is 8.42 Å². The average Bonchev–Trinajstić information content (AvgIpc) is 2.46. The standard InChI is InChI=1S/C13H23N3O3S/c1-4-11(2)16(9-10-19-3)20(17,18)13-8-6-5-7-12(13)15-14/h5-8,11,15H,4,9-10,14H2,1-3H3. The maximum atomic E-state index is 12.8. The fourth-order valence-electron chi connectivity index (χ4n) is 1.90. The molecule has 7 heteroatoms.